The number of nitrogens with zero attached hydrogens (tertiary/aromatic N) is 7. The van der Waals surface area contributed by atoms with Gasteiger partial charge in [-0.25, -0.2) is 28.9 Å². The number of carbonyl (C=O) groups excluding carboxylic acids is 8. The summed E-state index contributed by atoms with van der Waals surface area (Å²) in [5.74, 6) is -5.31. The zero-order chi connectivity index (χ0) is 77.5. The Morgan fingerprint density at radius 1 is 0.769 bits per heavy atom. The van der Waals surface area contributed by atoms with E-state index in [-0.39, 0.29) is 100 Å². The van der Waals surface area contributed by atoms with Gasteiger partial charge in [0.15, 0.2) is 17.4 Å². The third-order valence-corrected chi connectivity index (χ3v) is 20.6. The number of thiol groups is 2. The lowest BCUT2D eigenvalue weighted by Crippen LogP contribution is -2.57. The van der Waals surface area contributed by atoms with Crippen molar-refractivity contribution in [1.29, 1.82) is 0 Å². The molecule has 12 atom stereocenters. The van der Waals surface area contributed by atoms with Crippen LogP contribution in [-0.2, 0) is 102 Å². The molecule has 3 fully saturated rings. The summed E-state index contributed by atoms with van der Waals surface area (Å²) in [6, 6.07) is 10.8. The van der Waals surface area contributed by atoms with Crippen LogP contribution in [0.3, 0.4) is 0 Å². The van der Waals surface area contributed by atoms with Crippen LogP contribution < -0.4 is 36.9 Å². The summed E-state index contributed by atoms with van der Waals surface area (Å²) in [6.45, 7) is -1.96. The summed E-state index contributed by atoms with van der Waals surface area (Å²) in [7, 11) is 3.04. The minimum absolute atomic E-state index is 0.0171. The number of aromatic amines is 1. The van der Waals surface area contributed by atoms with E-state index in [0.717, 1.165) is 11.2 Å². The maximum absolute atomic E-state index is 14.1. The Morgan fingerprint density at radius 2 is 1.44 bits per heavy atom. The van der Waals surface area contributed by atoms with E-state index in [1.165, 1.54) is 54.2 Å². The molecule has 5 aromatic rings. The van der Waals surface area contributed by atoms with Gasteiger partial charge in [0.05, 0.1) is 85.1 Å². The third-order valence-electron chi connectivity index (χ3n) is 17.3. The molecule has 1 unspecified atom stereocenters. The minimum Gasteiger partial charge on any atom is -0.474 e. The van der Waals surface area contributed by atoms with Crippen LogP contribution in [-0.4, -0.2) is 234 Å². The van der Waals surface area contributed by atoms with Gasteiger partial charge < -0.3 is 73.7 Å². The van der Waals surface area contributed by atoms with Crippen LogP contribution in [0.2, 0.25) is 0 Å². The number of hydrogen-bond acceptors (Lipinski definition) is 28. The number of ether oxygens (including phenoxy) is 8. The highest BCUT2D eigenvalue weighted by molar-refractivity contribution is 8.44. The van der Waals surface area contributed by atoms with Crippen molar-refractivity contribution in [3.05, 3.63) is 113 Å². The Bertz CT molecular complexity index is 4090. The fourth-order valence-electron chi connectivity index (χ4n) is 11.7. The molecule has 4 aliphatic rings. The molecule has 9 rings (SSSR count). The zero-order valence-electron chi connectivity index (χ0n) is 59.8. The topological polar surface area (TPSA) is 458 Å². The molecule has 3 aliphatic heterocycles. The van der Waals surface area contributed by atoms with E-state index in [0.29, 0.717) is 69.3 Å². The van der Waals surface area contributed by atoms with Gasteiger partial charge in [-0.2, -0.15) is 4.98 Å². The van der Waals surface area contributed by atoms with Gasteiger partial charge in [-0.3, -0.25) is 71.7 Å². The van der Waals surface area contributed by atoms with E-state index >= 15 is 0 Å². The summed E-state index contributed by atoms with van der Waals surface area (Å²) in [6.07, 6.45) is -0.814. The number of unbranched alkanes of at least 4 members (excludes halogenated alkanes) is 1. The summed E-state index contributed by atoms with van der Waals surface area (Å²) in [5, 5.41) is 25.0. The molecule has 1 saturated carbocycles. The number of H-pyrrole nitrogens is 1. The first-order valence-corrected chi connectivity index (χ1v) is 40.1. The number of rotatable bonds is 37. The molecule has 41 heteroatoms. The fraction of sp³-hybridized carbons (Fsp3) is 0.537. The number of hydrogen-bond donors (Lipinski definition) is 9. The van der Waals surface area contributed by atoms with E-state index in [1.54, 1.807) is 69.5 Å². The Balaban J connectivity index is 0.737. The van der Waals surface area contributed by atoms with Crippen LogP contribution in [0.15, 0.2) is 90.4 Å². The highest BCUT2D eigenvalue weighted by Gasteiger charge is 2.51. The fourth-order valence-corrected chi connectivity index (χ4v) is 14.7. The molecule has 3 aromatic heterocycles. The van der Waals surface area contributed by atoms with Crippen molar-refractivity contribution < 1.29 is 109 Å². The molecule has 0 radical (unpaired) electrons. The lowest BCUT2D eigenvalue weighted by Gasteiger charge is -2.26. The molecule has 0 spiro atoms. The molecule has 2 bridgehead atoms. The summed E-state index contributed by atoms with van der Waals surface area (Å²) in [5.41, 5.74) is 0.0225. The number of imidazole rings is 1. The van der Waals surface area contributed by atoms with Gasteiger partial charge in [0, 0.05) is 81.7 Å². The van der Waals surface area contributed by atoms with Crippen molar-refractivity contribution in [3.8, 4) is 5.88 Å². The lowest BCUT2D eigenvalue weighted by molar-refractivity contribution is -0.137. The normalized spacial score (nSPS) is 23.0. The van der Waals surface area contributed by atoms with E-state index in [4.69, 9.17) is 56.0 Å². The van der Waals surface area contributed by atoms with Crippen molar-refractivity contribution in [2.75, 3.05) is 104 Å². The van der Waals surface area contributed by atoms with E-state index in [2.05, 4.69) is 76.0 Å². The number of aliphatic hydroxyl groups excluding tert-OH is 1. The molecule has 2 saturated heterocycles. The Morgan fingerprint density at radius 3 is 2.13 bits per heavy atom. The summed E-state index contributed by atoms with van der Waals surface area (Å²) < 4.78 is 96.7. The molecular weight excluding hydrogens is 1500 g/mol. The number of imide groups is 1. The van der Waals surface area contributed by atoms with Gasteiger partial charge in [-0.05, 0) is 67.9 Å². The summed E-state index contributed by atoms with van der Waals surface area (Å²) in [4.78, 5) is 141. The van der Waals surface area contributed by atoms with Crippen LogP contribution in [0.5, 0.6) is 5.88 Å². The summed E-state index contributed by atoms with van der Waals surface area (Å²) >= 11 is 8.44. The van der Waals surface area contributed by atoms with E-state index < -0.39 is 140 Å². The SMILES string of the molecule is COCCOCCOCCOCCOCCC(=O)N[C@@H](CCCCN1C(=O)C=CC1=O)C(=O)N[C@H](C(=O)N[C@@H](C)C(=O)Nc1ccc(COC(=O)N(C)Cc2ccccc2C(=O)Nc2nc3c(ncn3[C@@H]3O[C@@H]4CO[P@@](=O)(S)O[C@H]5C[C@H](Oc6ccncn6)C[C@@H]5COP(=O)(S)O[C@@H]3[C@@H]4O)c(=O)[nH]2)cc1)C(C)C. The van der Waals surface area contributed by atoms with Gasteiger partial charge >= 0.3 is 19.7 Å². The van der Waals surface area contributed by atoms with Crippen molar-refractivity contribution >= 4 is 108 Å². The van der Waals surface area contributed by atoms with Crippen LogP contribution in [0, 0.1) is 11.8 Å². The maximum Gasteiger partial charge on any atom is 0.410 e. The number of benzene rings is 2. The Hall–Kier alpha value is -8.11. The van der Waals surface area contributed by atoms with Crippen LogP contribution in [0.25, 0.3) is 11.2 Å². The highest BCUT2D eigenvalue weighted by Crippen LogP contribution is 2.60. The van der Waals surface area contributed by atoms with Crippen molar-refractivity contribution in [2.45, 2.75) is 127 Å². The van der Waals surface area contributed by atoms with Crippen molar-refractivity contribution in [1.82, 2.24) is 55.2 Å². The van der Waals surface area contributed by atoms with E-state index in [9.17, 15) is 57.4 Å². The largest absolute Gasteiger partial charge is 0.474 e. The molecule has 108 heavy (non-hydrogen) atoms. The number of amides is 8. The molecule has 8 amide bonds. The third kappa shape index (κ3) is 24.7. The first-order valence-electron chi connectivity index (χ1n) is 34.7. The number of fused-ring (bicyclic) bond motifs is 4. The van der Waals surface area contributed by atoms with E-state index in [1.807, 2.05) is 0 Å². The standard InChI is InChI=1S/C67H89N13O24P2S2/c1-40(2)55(74-62(87)48(12-8-9-22-79-53(82)17-18-54(79)83)73-51(81)20-23-94-26-27-96-30-31-97-29-28-95-25-24-93-5)63(88)71-41(3)60(85)72-45-15-13-42(14-16-45)35-98-67(90)78(4)34-43-10-6-7-11-47(43)61(86)76-66-75-59-56(64(89)77-66)70-39-80(59)65-58-57(84)50(102-65)37-100-105(91,107)103-49-33-46(101-52-19-21-68-38-69-52)32-44(49)36-99-106(92,108)104-58/h6-7,10-11,13-19,21,38-41,44,46,48-50,55,57-58,65,84H,8-9,12,20,22-37H2,1-5H3,(H,71,88)(H,72,85)(H,73,81)(H,74,87)(H,91,107)(H,92,108)(H2,75,76,77,86,89)/t41-,44+,46+,48-,49-,50+,55-,57+,58+,65+,105+,106?/m0/s1. The molecular formula is C67H89N13O24P2S2. The monoisotopic (exact) mass is 1590 g/mol. The predicted molar refractivity (Wildman–Crippen MR) is 389 cm³/mol. The van der Waals surface area contributed by atoms with Crippen LogP contribution in [0.1, 0.15) is 87.0 Å². The van der Waals surface area contributed by atoms with Gasteiger partial charge in [0.1, 0.15) is 55.5 Å². The lowest BCUT2D eigenvalue weighted by atomic mass is 10.0. The second-order valence-electron chi connectivity index (χ2n) is 25.7. The van der Waals surface area contributed by atoms with Gasteiger partial charge in [-0.15, -0.1) is 0 Å². The van der Waals surface area contributed by atoms with Gasteiger partial charge in [0.2, 0.25) is 35.5 Å². The average molecular weight is 1590 g/mol. The van der Waals surface area contributed by atoms with Gasteiger partial charge in [0.25, 0.3) is 23.3 Å². The molecule has 2 aromatic carbocycles. The molecule has 6 heterocycles. The molecule has 37 nitrogen and oxygen atoms in total. The second-order valence-corrected chi connectivity index (χ2v) is 31.4. The smallest absolute Gasteiger partial charge is 0.410 e. The first-order chi connectivity index (χ1) is 51.7. The van der Waals surface area contributed by atoms with Gasteiger partial charge in [-0.1, -0.05) is 68.7 Å². The number of aromatic nitrogens is 6. The molecule has 1 aliphatic carbocycles. The molecule has 588 valence electrons. The zero-order valence-corrected chi connectivity index (χ0v) is 63.4. The number of carbonyl (C=O) groups is 8. The average Bonchev–Trinajstić information content (AvgIpc) is 1.60. The Kier molecular flexibility index (Phi) is 31.5. The number of anilines is 2. The van der Waals surface area contributed by atoms with Crippen molar-refractivity contribution in [3.63, 3.8) is 0 Å². The highest BCUT2D eigenvalue weighted by atomic mass is 32.7. The quantitative estimate of drug-likeness (QED) is 0.0116. The second kappa shape index (κ2) is 40.5. The Labute approximate surface area is 630 Å². The van der Waals surface area contributed by atoms with Crippen LogP contribution in [0.4, 0.5) is 16.4 Å². The number of methoxy groups -OCH3 is 1. The number of aliphatic hydroxyl groups is 1. The maximum atomic E-state index is 14.1. The predicted octanol–water partition coefficient (Wildman–Crippen LogP) is 4.21. The number of nitrogens with one attached hydrogen (secondary N) is 6. The van der Waals surface area contributed by atoms with Crippen LogP contribution >= 0.6 is 38.1 Å². The molecule has 7 N–H and O–H groups in total. The first kappa shape index (κ1) is 83.9. The van der Waals surface area contributed by atoms with Crippen molar-refractivity contribution in [2.24, 2.45) is 11.8 Å². The minimum atomic E-state index is -4.40.